The van der Waals surface area contributed by atoms with E-state index < -0.39 is 18.1 Å². The number of aryl methyl sites for hydroxylation is 1. The molecule has 34 heavy (non-hydrogen) atoms. The summed E-state index contributed by atoms with van der Waals surface area (Å²) in [6.45, 7) is 4.19. The van der Waals surface area contributed by atoms with Crippen LogP contribution in [-0.2, 0) is 16.8 Å². The lowest BCUT2D eigenvalue weighted by Crippen LogP contribution is -2.48. The highest BCUT2D eigenvalue weighted by Gasteiger charge is 2.45. The van der Waals surface area contributed by atoms with Gasteiger partial charge >= 0.3 is 6.18 Å². The fourth-order valence-corrected chi connectivity index (χ4v) is 4.89. The number of hydrogen-bond donors (Lipinski definition) is 1. The van der Waals surface area contributed by atoms with Gasteiger partial charge in [-0.1, -0.05) is 44.2 Å². The van der Waals surface area contributed by atoms with E-state index in [0.717, 1.165) is 27.8 Å². The Bertz CT molecular complexity index is 1180. The smallest absolute Gasteiger partial charge is 0.389 e. The van der Waals surface area contributed by atoms with Gasteiger partial charge in [0, 0.05) is 12.8 Å². The number of nitriles is 1. The summed E-state index contributed by atoms with van der Waals surface area (Å²) in [5.41, 5.74) is 4.27. The van der Waals surface area contributed by atoms with Crippen molar-refractivity contribution < 1.29 is 22.7 Å². The first-order chi connectivity index (χ1) is 16.1. The number of alkyl halides is 3. The molecule has 0 aromatic heterocycles. The summed E-state index contributed by atoms with van der Waals surface area (Å²) < 4.78 is 42.6. The molecule has 2 aromatic rings. The van der Waals surface area contributed by atoms with Crippen molar-refractivity contribution >= 4 is 11.5 Å². The first kappa shape index (κ1) is 23.9. The van der Waals surface area contributed by atoms with Crippen molar-refractivity contribution in [2.24, 2.45) is 0 Å². The third-order valence-electron chi connectivity index (χ3n) is 6.66. The number of carbonyl (C=O) groups is 1. The van der Waals surface area contributed by atoms with Crippen LogP contribution < -0.4 is 10.1 Å². The Kier molecular flexibility index (Phi) is 6.44. The lowest BCUT2D eigenvalue weighted by atomic mass is 9.77. The number of hydrogen-bond acceptors (Lipinski definition) is 3. The summed E-state index contributed by atoms with van der Waals surface area (Å²) in [7, 11) is 0. The lowest BCUT2D eigenvalue weighted by molar-refractivity contribution is -0.136. The first-order valence-corrected chi connectivity index (χ1v) is 11.5. The second kappa shape index (κ2) is 9.17. The Labute approximate surface area is 197 Å². The van der Waals surface area contributed by atoms with Crippen LogP contribution in [0.1, 0.15) is 67.7 Å². The summed E-state index contributed by atoms with van der Waals surface area (Å²) in [6, 6.07) is 15.6. The van der Waals surface area contributed by atoms with Crippen LogP contribution in [0.4, 0.5) is 13.2 Å². The second-order valence-electron chi connectivity index (χ2n) is 9.34. The predicted molar refractivity (Wildman–Crippen MR) is 123 cm³/mol. The Morgan fingerprint density at radius 2 is 2.00 bits per heavy atom. The van der Waals surface area contributed by atoms with E-state index in [4.69, 9.17) is 4.74 Å². The monoisotopic (exact) mass is 468 g/mol. The molecule has 4 rings (SSSR count). The van der Waals surface area contributed by atoms with Crippen molar-refractivity contribution in [3.63, 3.8) is 0 Å². The van der Waals surface area contributed by atoms with E-state index in [1.54, 1.807) is 6.07 Å². The molecule has 0 saturated heterocycles. The maximum Gasteiger partial charge on any atom is 0.389 e. The predicted octanol–water partition coefficient (Wildman–Crippen LogP) is 6.17. The molecule has 2 aliphatic rings. The Hall–Kier alpha value is -3.27. The molecule has 1 amide bonds. The fraction of sp³-hybridized carbons (Fsp3) is 0.407. The van der Waals surface area contributed by atoms with Crippen LogP contribution in [0.2, 0.25) is 0 Å². The third kappa shape index (κ3) is 4.82. The van der Waals surface area contributed by atoms with E-state index >= 15 is 0 Å². The molecule has 1 unspecified atom stereocenters. The maximum absolute atomic E-state index is 13.0. The minimum absolute atomic E-state index is 0.00914. The molecule has 4 nitrogen and oxygen atoms in total. The fourth-order valence-electron chi connectivity index (χ4n) is 4.89. The Balaban J connectivity index is 1.60. The molecule has 0 radical (unpaired) electrons. The Morgan fingerprint density at radius 1 is 1.21 bits per heavy atom. The van der Waals surface area contributed by atoms with Crippen LogP contribution in [0, 0.1) is 11.3 Å². The van der Waals surface area contributed by atoms with E-state index in [1.165, 1.54) is 0 Å². The van der Waals surface area contributed by atoms with Gasteiger partial charge in [-0.05, 0) is 65.1 Å². The molecular formula is C27H27F3N2O2. The summed E-state index contributed by atoms with van der Waals surface area (Å²) >= 11 is 0. The number of nitrogens with one attached hydrogen (secondary N) is 1. The van der Waals surface area contributed by atoms with Crippen LogP contribution in [0.15, 0.2) is 48.0 Å². The molecular weight excluding hydrogens is 441 g/mol. The molecule has 7 heteroatoms. The molecule has 2 aromatic carbocycles. The normalized spacial score (nSPS) is 19.9. The highest BCUT2D eigenvalue weighted by atomic mass is 19.4. The van der Waals surface area contributed by atoms with Gasteiger partial charge in [0.25, 0.3) is 5.91 Å². The van der Waals surface area contributed by atoms with Crippen molar-refractivity contribution in [2.45, 2.75) is 63.6 Å². The number of amides is 1. The van der Waals surface area contributed by atoms with Crippen molar-refractivity contribution in [3.05, 3.63) is 70.3 Å². The van der Waals surface area contributed by atoms with E-state index in [2.05, 4.69) is 31.3 Å². The molecule has 1 atom stereocenters. The number of halogens is 3. The summed E-state index contributed by atoms with van der Waals surface area (Å²) in [6.07, 6.45) is -3.27. The first-order valence-electron chi connectivity index (χ1n) is 11.5. The van der Waals surface area contributed by atoms with Gasteiger partial charge in [0.15, 0.2) is 0 Å². The zero-order chi connectivity index (χ0) is 24.5. The van der Waals surface area contributed by atoms with E-state index in [1.807, 2.05) is 30.3 Å². The number of nitrogens with zero attached hydrogens (tertiary/aromatic N) is 1. The van der Waals surface area contributed by atoms with E-state index in [0.29, 0.717) is 30.9 Å². The molecule has 1 aliphatic heterocycles. The van der Waals surface area contributed by atoms with Crippen LogP contribution in [0.25, 0.3) is 5.57 Å². The summed E-state index contributed by atoms with van der Waals surface area (Å²) in [5.74, 6) is 0.469. The highest BCUT2D eigenvalue weighted by Crippen LogP contribution is 2.47. The zero-order valence-electron chi connectivity index (χ0n) is 19.3. The average molecular weight is 469 g/mol. The van der Waals surface area contributed by atoms with Gasteiger partial charge in [-0.2, -0.15) is 18.4 Å². The van der Waals surface area contributed by atoms with Crippen LogP contribution in [0.3, 0.4) is 0 Å². The van der Waals surface area contributed by atoms with Gasteiger partial charge < -0.3 is 10.1 Å². The number of carbonyl (C=O) groups excluding carboxylic acids is 1. The van der Waals surface area contributed by atoms with Crippen LogP contribution in [-0.4, -0.2) is 18.7 Å². The van der Waals surface area contributed by atoms with Gasteiger partial charge in [-0.25, -0.2) is 0 Å². The number of rotatable bonds is 6. The lowest BCUT2D eigenvalue weighted by Gasteiger charge is -2.37. The van der Waals surface area contributed by atoms with Crippen LogP contribution in [0.5, 0.6) is 5.75 Å². The second-order valence-corrected chi connectivity index (χ2v) is 9.34. The standard InChI is InChI=1S/C27H27F3N2O2/c1-17(2)18-5-3-6-19(13-18)22-15-26(32-25(33)23(22)16-31)11-9-20-14-21(7-8-24(20)26)34-12-4-10-27(28,29)30/h3,5-8,13-14,17H,4,9-12,15H2,1-2H3,(H,32,33). The maximum atomic E-state index is 13.0. The van der Waals surface area contributed by atoms with Crippen molar-refractivity contribution in [2.75, 3.05) is 6.61 Å². The molecule has 178 valence electrons. The van der Waals surface area contributed by atoms with Crippen LogP contribution >= 0.6 is 0 Å². The number of fused-ring (bicyclic) bond motifs is 2. The molecule has 1 aliphatic carbocycles. The minimum Gasteiger partial charge on any atom is -0.494 e. The molecule has 1 heterocycles. The largest absolute Gasteiger partial charge is 0.494 e. The zero-order valence-corrected chi connectivity index (χ0v) is 19.3. The van der Waals surface area contributed by atoms with Crippen molar-refractivity contribution in [1.29, 1.82) is 5.26 Å². The molecule has 0 saturated carbocycles. The summed E-state index contributed by atoms with van der Waals surface area (Å²) in [4.78, 5) is 13.0. The van der Waals surface area contributed by atoms with Gasteiger partial charge in [0.05, 0.1) is 12.1 Å². The highest BCUT2D eigenvalue weighted by molar-refractivity contribution is 6.07. The summed E-state index contributed by atoms with van der Waals surface area (Å²) in [5, 5.41) is 12.8. The molecule has 1 spiro atoms. The number of ether oxygens (including phenoxy) is 1. The van der Waals surface area contributed by atoms with Gasteiger partial charge in [0.1, 0.15) is 17.4 Å². The van der Waals surface area contributed by atoms with Crippen molar-refractivity contribution in [3.8, 4) is 11.8 Å². The van der Waals surface area contributed by atoms with E-state index in [-0.39, 0.29) is 24.5 Å². The minimum atomic E-state index is -4.19. The SMILES string of the molecule is CC(C)c1cccc(C2=C(C#N)C(=O)NC3(CCc4cc(OCCCC(F)(F)F)ccc43)C2)c1. The molecule has 0 bridgehead atoms. The average Bonchev–Trinajstić information content (AvgIpc) is 3.12. The van der Waals surface area contributed by atoms with Gasteiger partial charge in [0.2, 0.25) is 0 Å². The molecule has 1 N–H and O–H groups in total. The third-order valence-corrected chi connectivity index (χ3v) is 6.66. The molecule has 0 fully saturated rings. The van der Waals surface area contributed by atoms with Gasteiger partial charge in [-0.15, -0.1) is 0 Å². The quantitative estimate of drug-likeness (QED) is 0.516. The topological polar surface area (TPSA) is 62.1 Å². The van der Waals surface area contributed by atoms with E-state index in [9.17, 15) is 23.2 Å². The van der Waals surface area contributed by atoms with Gasteiger partial charge in [-0.3, -0.25) is 4.79 Å². The number of benzene rings is 2. The van der Waals surface area contributed by atoms with Crippen molar-refractivity contribution in [1.82, 2.24) is 5.32 Å². The Morgan fingerprint density at radius 3 is 2.71 bits per heavy atom.